The highest BCUT2D eigenvalue weighted by molar-refractivity contribution is 7.98. The van der Waals surface area contributed by atoms with Crippen molar-refractivity contribution in [3.05, 3.63) is 71.8 Å². The van der Waals surface area contributed by atoms with Gasteiger partial charge in [0.2, 0.25) is 76.8 Å². The Morgan fingerprint density at radius 3 is 1.51 bits per heavy atom. The van der Waals surface area contributed by atoms with Crippen LogP contribution in [-0.2, 0) is 75.2 Å². The molecule has 2 aliphatic heterocycles. The van der Waals surface area contributed by atoms with Crippen molar-refractivity contribution < 1.29 is 62.3 Å². The second-order valence-electron chi connectivity index (χ2n) is 24.1. The number of nitrogens with two attached hydrogens (primary N) is 7. The largest absolute Gasteiger partial charge is 0.370 e. The van der Waals surface area contributed by atoms with Gasteiger partial charge in [-0.3, -0.25) is 67.3 Å². The molecule has 0 radical (unpaired) electrons. The van der Waals surface area contributed by atoms with Crippen molar-refractivity contribution in [1.29, 1.82) is 0 Å². The van der Waals surface area contributed by atoms with E-state index in [1.165, 1.54) is 21.6 Å². The minimum Gasteiger partial charge on any atom is -0.370 e. The molecule has 0 spiro atoms. The second kappa shape index (κ2) is 41.0. The number of amides is 13. The van der Waals surface area contributed by atoms with E-state index in [1.807, 2.05) is 20.1 Å². The van der Waals surface area contributed by atoms with Crippen LogP contribution >= 0.6 is 11.8 Å². The van der Waals surface area contributed by atoms with Gasteiger partial charge in [0.25, 0.3) is 0 Å². The molecule has 2 aliphatic rings. The zero-order chi connectivity index (χ0) is 70.1. The molecule has 22 N–H and O–H groups in total. The van der Waals surface area contributed by atoms with Crippen LogP contribution in [-0.4, -0.2) is 198 Å². The molecule has 4 rings (SSSR count). The van der Waals surface area contributed by atoms with E-state index < -0.39 is 169 Å². The van der Waals surface area contributed by atoms with Gasteiger partial charge < -0.3 is 92.5 Å². The molecule has 2 aromatic rings. The van der Waals surface area contributed by atoms with E-state index in [-0.39, 0.29) is 83.0 Å². The van der Waals surface area contributed by atoms with Crippen LogP contribution in [0.5, 0.6) is 0 Å². The summed E-state index contributed by atoms with van der Waals surface area (Å²) < 4.78 is 0. The van der Waals surface area contributed by atoms with Gasteiger partial charge in [-0.05, 0) is 119 Å². The van der Waals surface area contributed by atoms with Gasteiger partial charge in [0.1, 0.15) is 54.4 Å². The molecule has 95 heavy (non-hydrogen) atoms. The van der Waals surface area contributed by atoms with Gasteiger partial charge in [-0.1, -0.05) is 74.5 Å². The molecule has 13 amide bonds. The van der Waals surface area contributed by atoms with Crippen LogP contribution in [0.2, 0.25) is 0 Å². The van der Waals surface area contributed by atoms with Crippen LogP contribution in [0.3, 0.4) is 0 Å². The van der Waals surface area contributed by atoms with Crippen molar-refractivity contribution >= 4 is 94.5 Å². The summed E-state index contributed by atoms with van der Waals surface area (Å²) in [5.41, 5.74) is 40.6. The zero-order valence-corrected chi connectivity index (χ0v) is 55.3. The number of hydrogen-bond acceptors (Lipinski definition) is 17. The van der Waals surface area contributed by atoms with Gasteiger partial charge >= 0.3 is 0 Å². The lowest BCUT2D eigenvalue weighted by Crippen LogP contribution is -2.60. The number of benzene rings is 2. The number of hydrogen-bond donors (Lipinski definition) is 15. The van der Waals surface area contributed by atoms with Crippen molar-refractivity contribution in [3.8, 4) is 0 Å². The van der Waals surface area contributed by atoms with Crippen molar-refractivity contribution in [3.63, 3.8) is 0 Å². The predicted molar refractivity (Wildman–Crippen MR) is 356 cm³/mol. The van der Waals surface area contributed by atoms with Crippen molar-refractivity contribution in [2.24, 2.45) is 51.0 Å². The maximum absolute atomic E-state index is 14.7. The Bertz CT molecular complexity index is 2960. The Morgan fingerprint density at radius 2 is 1.01 bits per heavy atom. The number of aliphatic imine (C=N–C) groups is 1. The maximum atomic E-state index is 14.7. The van der Waals surface area contributed by atoms with Crippen molar-refractivity contribution in [1.82, 2.24) is 52.3 Å². The number of unbranched alkanes of at least 4 members (excludes halogenated alkanes) is 1. The van der Waals surface area contributed by atoms with E-state index in [9.17, 15) is 62.3 Å². The molecule has 524 valence electrons. The normalized spacial score (nSPS) is 16.8. The number of guanidine groups is 1. The molecule has 2 aromatic carbocycles. The fourth-order valence-corrected chi connectivity index (χ4v) is 11.5. The van der Waals surface area contributed by atoms with Gasteiger partial charge in [-0.2, -0.15) is 11.8 Å². The third-order valence-corrected chi connectivity index (χ3v) is 16.7. The lowest BCUT2D eigenvalue weighted by Gasteiger charge is -2.32. The fraction of sp³-hybridized carbons (Fsp3) is 0.587. The first-order valence-corrected chi connectivity index (χ1v) is 33.6. The monoisotopic (exact) mass is 1350 g/mol. The molecule has 2 fully saturated rings. The van der Waals surface area contributed by atoms with E-state index in [4.69, 9.17) is 40.1 Å². The highest BCUT2D eigenvalue weighted by Crippen LogP contribution is 2.24. The molecule has 0 aliphatic carbocycles. The SMILES string of the molecule is CSCC[C@H](NC(=O)[C@@H](CC(C)C)NC(=O)CNC(=O)[C@H](Cc1ccccc1)NC(=O)[C@@H](Cc1ccccc1)NC(=O)[C@@H](CCC(N)=O)NC(=O)[C@@H](CCC(N)=O)NC(=O)[C@H]1CCCN1C(=O)[C@@H](CCCCN)NC(=O)[C@@H]1CCCN1C(=O)[C@@H](N)CCCN=C(N)N)C(N)=O. The standard InChI is InChI=1S/C63H98N18O13S/c1-37(2)33-45(57(89)74-41(53(68)85)27-32-95-3)73-52(84)36-72-54(86)46(34-38-15-6-4-7-16-38)78-58(90)47(35-39-17-8-5-9-18-39)79-56(88)42(23-25-50(66)82)75-55(87)43(24-26-51(67)83)76-59(91)49-22-14-31-81(49)62(94)44(20-10-11-28-64)77-60(92)48-21-13-30-80(48)61(93)40(65)19-12-29-71-63(69)70/h4-9,15-18,37,40-49H,10-14,19-36,64-65H2,1-3H3,(H2,66,82)(H2,67,83)(H2,68,85)(H,72,86)(H,73,84)(H,74,89)(H,75,87)(H,76,91)(H,77,92)(H,78,90)(H,79,88)(H4,69,70,71)/t40-,41-,42+,43+,44+,45+,46-,47+,48-,49+/m0/s1. The number of primary amides is 3. The molecule has 10 atom stereocenters. The summed E-state index contributed by atoms with van der Waals surface area (Å²) in [5, 5.41) is 21.1. The Kier molecular flexibility index (Phi) is 33.9. The minimum atomic E-state index is -1.64. The van der Waals surface area contributed by atoms with E-state index in [2.05, 4.69) is 47.5 Å². The highest BCUT2D eigenvalue weighted by Gasteiger charge is 2.42. The molecule has 0 unspecified atom stereocenters. The average molecular weight is 1350 g/mol. The van der Waals surface area contributed by atoms with Gasteiger partial charge in [0, 0.05) is 45.3 Å². The molecular formula is C63H98N18O13S. The number of likely N-dealkylation sites (tertiary alicyclic amines) is 2. The zero-order valence-electron chi connectivity index (χ0n) is 54.5. The van der Waals surface area contributed by atoms with E-state index in [0.717, 1.165) is 0 Å². The van der Waals surface area contributed by atoms with E-state index >= 15 is 0 Å². The summed E-state index contributed by atoms with van der Waals surface area (Å²) in [6.45, 7) is 3.86. The van der Waals surface area contributed by atoms with Gasteiger partial charge in [-0.15, -0.1) is 0 Å². The Hall–Kier alpha value is -8.91. The first kappa shape index (κ1) is 78.5. The summed E-state index contributed by atoms with van der Waals surface area (Å²) in [4.78, 5) is 185. The van der Waals surface area contributed by atoms with Gasteiger partial charge in [-0.25, -0.2) is 0 Å². The van der Waals surface area contributed by atoms with Crippen LogP contribution in [0, 0.1) is 5.92 Å². The highest BCUT2D eigenvalue weighted by atomic mass is 32.2. The molecule has 31 nitrogen and oxygen atoms in total. The Labute approximate surface area is 558 Å². The minimum absolute atomic E-state index is 0.0736. The fourth-order valence-electron chi connectivity index (χ4n) is 11.0. The summed E-state index contributed by atoms with van der Waals surface area (Å²) in [7, 11) is 0. The quantitative estimate of drug-likeness (QED) is 0.0173. The lowest BCUT2D eigenvalue weighted by molar-refractivity contribution is -0.144. The summed E-state index contributed by atoms with van der Waals surface area (Å²) in [6, 6.07) is 4.51. The predicted octanol–water partition coefficient (Wildman–Crippen LogP) is -3.71. The number of carbonyl (C=O) groups excluding carboxylic acids is 13. The number of nitrogens with zero attached hydrogens (tertiary/aromatic N) is 3. The van der Waals surface area contributed by atoms with Crippen molar-refractivity contribution in [2.75, 3.05) is 44.7 Å². The topological polar surface area (TPSA) is 519 Å². The van der Waals surface area contributed by atoms with Crippen LogP contribution in [0.1, 0.15) is 121 Å². The summed E-state index contributed by atoms with van der Waals surface area (Å²) in [6.07, 6.45) is 3.12. The van der Waals surface area contributed by atoms with E-state index in [0.29, 0.717) is 55.4 Å². The summed E-state index contributed by atoms with van der Waals surface area (Å²) >= 11 is 1.45. The first-order valence-electron chi connectivity index (χ1n) is 32.2. The van der Waals surface area contributed by atoms with E-state index in [1.54, 1.807) is 60.7 Å². The van der Waals surface area contributed by atoms with Gasteiger partial charge in [0.05, 0.1) is 12.6 Å². The summed E-state index contributed by atoms with van der Waals surface area (Å²) in [5.74, 6) is -9.80. The average Bonchev–Trinajstić information content (AvgIpc) is 1.74. The third kappa shape index (κ3) is 27.5. The number of carbonyl (C=O) groups is 13. The third-order valence-electron chi connectivity index (χ3n) is 16.0. The van der Waals surface area contributed by atoms with Crippen LogP contribution in [0.4, 0.5) is 0 Å². The van der Waals surface area contributed by atoms with Crippen molar-refractivity contribution in [2.45, 2.75) is 183 Å². The molecule has 0 saturated carbocycles. The Balaban J connectivity index is 1.56. The maximum Gasteiger partial charge on any atom is 0.245 e. The van der Waals surface area contributed by atoms with Crippen LogP contribution in [0.25, 0.3) is 0 Å². The molecule has 0 aromatic heterocycles. The molecular weight excluding hydrogens is 1250 g/mol. The first-order chi connectivity index (χ1) is 45.2. The smallest absolute Gasteiger partial charge is 0.245 e. The van der Waals surface area contributed by atoms with Crippen LogP contribution < -0.4 is 82.7 Å². The Morgan fingerprint density at radius 1 is 0.537 bits per heavy atom. The molecule has 32 heteroatoms. The number of rotatable bonds is 42. The number of nitrogens with one attached hydrogen (secondary N) is 8. The van der Waals surface area contributed by atoms with Crippen LogP contribution in [0.15, 0.2) is 65.7 Å². The van der Waals surface area contributed by atoms with Gasteiger partial charge in [0.15, 0.2) is 5.96 Å². The molecule has 2 saturated heterocycles. The molecule has 0 bridgehead atoms. The lowest BCUT2D eigenvalue weighted by atomic mass is 10.0. The molecule has 2 heterocycles. The number of thioether (sulfide) groups is 1. The second-order valence-corrected chi connectivity index (χ2v) is 25.1.